The van der Waals surface area contributed by atoms with Gasteiger partial charge in [-0.1, -0.05) is 184 Å². The van der Waals surface area contributed by atoms with Gasteiger partial charge in [-0.2, -0.15) is 0 Å². The smallest absolute Gasteiger partial charge is 0.00785 e. The van der Waals surface area contributed by atoms with Crippen LogP contribution in [0.3, 0.4) is 0 Å². The van der Waals surface area contributed by atoms with E-state index >= 15 is 0 Å². The van der Waals surface area contributed by atoms with E-state index in [0.717, 1.165) is 12.3 Å². The van der Waals surface area contributed by atoms with E-state index in [2.05, 4.69) is 189 Å². The van der Waals surface area contributed by atoms with Crippen molar-refractivity contribution in [2.24, 2.45) is 11.8 Å². The molecule has 0 radical (unpaired) electrons. The molecule has 5 aromatic rings. The van der Waals surface area contributed by atoms with Crippen LogP contribution in [0.5, 0.6) is 0 Å². The maximum absolute atomic E-state index is 2.60. The van der Waals surface area contributed by atoms with Crippen molar-refractivity contribution in [3.8, 4) is 11.1 Å². The van der Waals surface area contributed by atoms with Crippen molar-refractivity contribution < 1.29 is 0 Å². The van der Waals surface area contributed by atoms with Gasteiger partial charge in [0.25, 0.3) is 0 Å². The molecule has 2 aliphatic carbocycles. The Bertz CT molecular complexity index is 2080. The zero-order valence-corrected chi connectivity index (χ0v) is 29.8. The van der Waals surface area contributed by atoms with Gasteiger partial charge < -0.3 is 0 Å². The van der Waals surface area contributed by atoms with Crippen molar-refractivity contribution in [1.29, 1.82) is 0 Å². The molecule has 5 aromatic carbocycles. The molecule has 238 valence electrons. The molecule has 0 aromatic heterocycles. The summed E-state index contributed by atoms with van der Waals surface area (Å²) in [7, 11) is -0.582. The maximum atomic E-state index is 2.60. The molecule has 7 rings (SSSR count). The van der Waals surface area contributed by atoms with Crippen LogP contribution in [0.4, 0.5) is 0 Å². The minimum Gasteiger partial charge on any atom is -0.104 e. The summed E-state index contributed by atoms with van der Waals surface area (Å²) in [6.45, 7) is 5.10. The van der Waals surface area contributed by atoms with E-state index in [1.807, 2.05) is 0 Å². The molecule has 0 spiro atoms. The molecule has 0 aliphatic heterocycles. The second kappa shape index (κ2) is 15.4. The first-order valence-electron chi connectivity index (χ1n) is 17.1. The molecule has 0 heterocycles. The Kier molecular flexibility index (Phi) is 10.4. The molecule has 0 saturated heterocycles. The van der Waals surface area contributed by atoms with E-state index in [1.54, 1.807) is 5.57 Å². The Morgan fingerprint density at radius 3 is 2.08 bits per heavy atom. The summed E-state index contributed by atoms with van der Waals surface area (Å²) < 4.78 is 0. The minimum absolute atomic E-state index is 0.288. The third-order valence-corrected chi connectivity index (χ3v) is 14.3. The summed E-state index contributed by atoms with van der Waals surface area (Å²) in [6, 6.07) is 49.1. The van der Waals surface area contributed by atoms with Gasteiger partial charge in [0, 0.05) is 17.5 Å². The van der Waals surface area contributed by atoms with Gasteiger partial charge in [0.05, 0.1) is 0 Å². The average molecular weight is 659 g/mol. The monoisotopic (exact) mass is 658 g/mol. The van der Waals surface area contributed by atoms with Crippen molar-refractivity contribution >= 4 is 37.4 Å². The number of hydrogen-bond donors (Lipinski definition) is 0. The van der Waals surface area contributed by atoms with Gasteiger partial charge in [0.15, 0.2) is 0 Å². The van der Waals surface area contributed by atoms with Gasteiger partial charge in [0.1, 0.15) is 0 Å². The quantitative estimate of drug-likeness (QED) is 0.138. The second-order valence-electron chi connectivity index (χ2n) is 13.2. The molecule has 0 nitrogen and oxygen atoms in total. The predicted molar refractivity (Wildman–Crippen MR) is 215 cm³/mol. The third-order valence-electron chi connectivity index (χ3n) is 9.75. The molecule has 0 amide bonds. The van der Waals surface area contributed by atoms with Crippen LogP contribution in [0.15, 0.2) is 182 Å². The van der Waals surface area contributed by atoms with Crippen LogP contribution in [0.2, 0.25) is 0 Å². The van der Waals surface area contributed by atoms with Crippen molar-refractivity contribution in [3.05, 3.63) is 193 Å². The highest BCUT2D eigenvalue weighted by Gasteiger charge is 2.27. The third kappa shape index (κ3) is 7.63. The van der Waals surface area contributed by atoms with Crippen molar-refractivity contribution in [2.45, 2.75) is 18.0 Å². The first-order chi connectivity index (χ1) is 23.6. The SMILES string of the molecule is C[P@@](Cc1ccccccccc1-c1cccc2ccccc12)C[C@@H](C1=CC2C=CC=CC2C=C1)[P@@](C)Cc1ccc2ccccc2c1. The van der Waals surface area contributed by atoms with Crippen LogP contribution in [0.1, 0.15) is 11.1 Å². The van der Waals surface area contributed by atoms with Crippen molar-refractivity contribution in [3.63, 3.8) is 0 Å². The highest BCUT2D eigenvalue weighted by Crippen LogP contribution is 2.52. The summed E-state index contributed by atoms with van der Waals surface area (Å²) in [5.41, 5.74) is 7.66. The Hall–Kier alpha value is -4.08. The van der Waals surface area contributed by atoms with Crippen molar-refractivity contribution in [1.82, 2.24) is 0 Å². The zero-order valence-electron chi connectivity index (χ0n) is 28.0. The van der Waals surface area contributed by atoms with Crippen LogP contribution in [-0.2, 0) is 12.3 Å². The van der Waals surface area contributed by atoms with Crippen LogP contribution in [-0.4, -0.2) is 25.2 Å². The van der Waals surface area contributed by atoms with Gasteiger partial charge in [-0.15, -0.1) is 7.92 Å². The highest BCUT2D eigenvalue weighted by atomic mass is 31.1. The number of allylic oxidation sites excluding steroid dienone is 8. The van der Waals surface area contributed by atoms with Crippen molar-refractivity contribution in [2.75, 3.05) is 19.5 Å². The maximum Gasteiger partial charge on any atom is 0.00785 e. The normalized spacial score (nSPS) is 18.5. The van der Waals surface area contributed by atoms with E-state index < -0.39 is 0 Å². The zero-order chi connectivity index (χ0) is 32.7. The standard InChI is InChI=1S/C46H44P2/c1-47(33-42-21-7-5-3-4-6-8-23-44(42)45-25-15-22-38-18-13-14-24-43(38)45)34-46(41-29-28-37-17-10-12-20-40(37)31-41)48(2)32-35-26-27-36-16-9-11-19-39(36)30-35/h3-31,37,40,46H,32-34H2,1-2H3/t37?,40?,46-,47-,48-/m0/s1. The molecule has 48 heavy (non-hydrogen) atoms. The van der Waals surface area contributed by atoms with Crippen LogP contribution >= 0.6 is 15.8 Å². The average Bonchev–Trinajstić information content (AvgIpc) is 3.12. The van der Waals surface area contributed by atoms with Crippen LogP contribution in [0.25, 0.3) is 32.7 Å². The lowest BCUT2D eigenvalue weighted by atomic mass is 9.82. The lowest BCUT2D eigenvalue weighted by Gasteiger charge is -2.33. The molecule has 0 fully saturated rings. The summed E-state index contributed by atoms with van der Waals surface area (Å²) in [4.78, 5) is 0. The molecule has 2 unspecified atom stereocenters. The van der Waals surface area contributed by atoms with E-state index in [-0.39, 0.29) is 15.8 Å². The van der Waals surface area contributed by atoms with E-state index in [4.69, 9.17) is 0 Å². The fourth-order valence-corrected chi connectivity index (χ4v) is 12.7. The van der Waals surface area contributed by atoms with Gasteiger partial charge in [-0.3, -0.25) is 0 Å². The molecule has 5 atom stereocenters. The lowest BCUT2D eigenvalue weighted by molar-refractivity contribution is 0.652. The first-order valence-corrected chi connectivity index (χ1v) is 21.3. The number of rotatable bonds is 9. The summed E-state index contributed by atoms with van der Waals surface area (Å²) in [5.74, 6) is 0.956. The largest absolute Gasteiger partial charge is 0.104 e. The fraction of sp³-hybridized carbons (Fsp3) is 0.174. The highest BCUT2D eigenvalue weighted by molar-refractivity contribution is 7.61. The molecule has 0 bridgehead atoms. The van der Waals surface area contributed by atoms with E-state index in [0.29, 0.717) is 17.5 Å². The molecule has 0 saturated carbocycles. The predicted octanol–water partition coefficient (Wildman–Crippen LogP) is 12.9. The Labute approximate surface area is 289 Å². The molecular weight excluding hydrogens is 614 g/mol. The van der Waals surface area contributed by atoms with Gasteiger partial charge in [-0.05, 0) is 81.2 Å². The first kappa shape index (κ1) is 32.5. The van der Waals surface area contributed by atoms with Crippen LogP contribution < -0.4 is 0 Å². The number of benzene rings is 4. The van der Waals surface area contributed by atoms with Gasteiger partial charge in [0.2, 0.25) is 0 Å². The molecule has 0 N–H and O–H groups in total. The Balaban J connectivity index is 1.22. The molecular formula is C46H44P2. The minimum atomic E-state index is -0.294. The van der Waals surface area contributed by atoms with E-state index in [1.165, 1.54) is 50.0 Å². The number of fused-ring (bicyclic) bond motifs is 3. The molecule has 2 aliphatic rings. The second-order valence-corrected chi connectivity index (χ2v) is 18.1. The summed E-state index contributed by atoms with van der Waals surface area (Å²) in [5, 5.41) is 5.27. The Morgan fingerprint density at radius 1 is 0.562 bits per heavy atom. The summed E-state index contributed by atoms with van der Waals surface area (Å²) in [6.07, 6.45) is 20.2. The lowest BCUT2D eigenvalue weighted by Crippen LogP contribution is -2.20. The van der Waals surface area contributed by atoms with Crippen LogP contribution in [0, 0.1) is 11.8 Å². The summed E-state index contributed by atoms with van der Waals surface area (Å²) >= 11 is 0. The van der Waals surface area contributed by atoms with Gasteiger partial charge in [-0.25, -0.2) is 0 Å². The molecule has 2 heteroatoms. The van der Waals surface area contributed by atoms with E-state index in [9.17, 15) is 0 Å². The topological polar surface area (TPSA) is 0 Å². The fourth-order valence-electron chi connectivity index (χ4n) is 7.25. The number of hydrogen-bond acceptors (Lipinski definition) is 0. The Morgan fingerprint density at radius 2 is 1.23 bits per heavy atom. The van der Waals surface area contributed by atoms with Gasteiger partial charge >= 0.3 is 0 Å².